The van der Waals surface area contributed by atoms with Gasteiger partial charge in [-0.2, -0.15) is 0 Å². The van der Waals surface area contributed by atoms with Crippen LogP contribution in [0.3, 0.4) is 0 Å². The highest BCUT2D eigenvalue weighted by Crippen LogP contribution is 2.49. The molecule has 1 heterocycles. The van der Waals surface area contributed by atoms with Gasteiger partial charge in [0, 0.05) is 22.1 Å². The number of hydrogen-bond donors (Lipinski definition) is 0. The van der Waals surface area contributed by atoms with Crippen molar-refractivity contribution in [3.63, 3.8) is 0 Å². The lowest BCUT2D eigenvalue weighted by atomic mass is 9.82. The van der Waals surface area contributed by atoms with E-state index in [-0.39, 0.29) is 5.41 Å². The van der Waals surface area contributed by atoms with Crippen molar-refractivity contribution in [2.75, 3.05) is 0 Å². The number of benzene rings is 6. The Morgan fingerprint density at radius 3 is 1.31 bits per heavy atom. The SMILES string of the molecule is CC1(C)c2ccccc2-c2ccc(-c3nc(-c4cccc(-c5ccccc5)c4)nc(-c4cccc(-c5ccccc5)c4)n3)cc21. The van der Waals surface area contributed by atoms with E-state index in [1.807, 2.05) is 12.1 Å². The van der Waals surface area contributed by atoms with Crippen molar-refractivity contribution >= 4 is 0 Å². The van der Waals surface area contributed by atoms with Crippen molar-refractivity contribution in [1.82, 2.24) is 15.0 Å². The Morgan fingerprint density at radius 1 is 0.333 bits per heavy atom. The van der Waals surface area contributed by atoms with Crippen LogP contribution in [0, 0.1) is 0 Å². The standard InChI is InChI=1S/C42H31N3/c1-42(2)37-22-10-9-21-35(37)36-24-23-34(27-38(36)42)41-44-39(32-19-11-17-30(25-32)28-13-5-3-6-14-28)43-40(45-41)33-20-12-18-31(26-33)29-15-7-4-8-16-29/h3-27H,1-2H3. The van der Waals surface area contributed by atoms with Gasteiger partial charge in [-0.15, -0.1) is 0 Å². The minimum absolute atomic E-state index is 0.116. The molecular formula is C42H31N3. The van der Waals surface area contributed by atoms with Gasteiger partial charge in [0.2, 0.25) is 0 Å². The molecule has 3 nitrogen and oxygen atoms in total. The van der Waals surface area contributed by atoms with Gasteiger partial charge in [0.1, 0.15) is 0 Å². The molecule has 0 unspecified atom stereocenters. The lowest BCUT2D eigenvalue weighted by molar-refractivity contribution is 0.660. The molecule has 1 aliphatic rings. The zero-order valence-electron chi connectivity index (χ0n) is 25.3. The van der Waals surface area contributed by atoms with E-state index >= 15 is 0 Å². The van der Waals surface area contributed by atoms with E-state index in [1.165, 1.54) is 22.3 Å². The Bertz CT molecular complexity index is 2080. The summed E-state index contributed by atoms with van der Waals surface area (Å²) in [7, 11) is 0. The molecule has 3 heteroatoms. The van der Waals surface area contributed by atoms with Crippen LogP contribution in [0.1, 0.15) is 25.0 Å². The van der Waals surface area contributed by atoms with Crippen molar-refractivity contribution in [3.8, 4) is 67.5 Å². The van der Waals surface area contributed by atoms with Gasteiger partial charge < -0.3 is 0 Å². The zero-order chi connectivity index (χ0) is 30.4. The molecule has 0 aliphatic heterocycles. The van der Waals surface area contributed by atoms with Crippen molar-refractivity contribution in [2.45, 2.75) is 19.3 Å². The molecule has 1 aromatic heterocycles. The number of hydrogen-bond acceptors (Lipinski definition) is 3. The Kier molecular flexibility index (Phi) is 6.46. The second-order valence-corrected chi connectivity index (χ2v) is 12.1. The summed E-state index contributed by atoms with van der Waals surface area (Å²) in [6.45, 7) is 4.60. The maximum absolute atomic E-state index is 5.11. The van der Waals surface area contributed by atoms with Crippen molar-refractivity contribution in [1.29, 1.82) is 0 Å². The summed E-state index contributed by atoms with van der Waals surface area (Å²) in [6, 6.07) is 53.1. The molecule has 0 bridgehead atoms. The predicted molar refractivity (Wildman–Crippen MR) is 185 cm³/mol. The maximum atomic E-state index is 5.11. The highest BCUT2D eigenvalue weighted by Gasteiger charge is 2.35. The van der Waals surface area contributed by atoms with Crippen LogP contribution >= 0.6 is 0 Å². The molecule has 0 saturated heterocycles. The van der Waals surface area contributed by atoms with Gasteiger partial charge in [-0.05, 0) is 62.7 Å². The van der Waals surface area contributed by atoms with Crippen LogP contribution < -0.4 is 0 Å². The Hall–Kier alpha value is -5.67. The zero-order valence-corrected chi connectivity index (χ0v) is 25.3. The molecule has 0 fully saturated rings. The van der Waals surface area contributed by atoms with Gasteiger partial charge in [-0.3, -0.25) is 0 Å². The van der Waals surface area contributed by atoms with Crippen LogP contribution in [0.15, 0.2) is 152 Å². The third-order valence-corrected chi connectivity index (χ3v) is 8.93. The van der Waals surface area contributed by atoms with Gasteiger partial charge in [0.25, 0.3) is 0 Å². The minimum Gasteiger partial charge on any atom is -0.208 e. The third-order valence-electron chi connectivity index (χ3n) is 8.93. The van der Waals surface area contributed by atoms with Gasteiger partial charge in [-0.1, -0.05) is 147 Å². The molecule has 0 atom stereocenters. The largest absolute Gasteiger partial charge is 0.208 e. The first-order valence-corrected chi connectivity index (χ1v) is 15.4. The third kappa shape index (κ3) is 4.83. The summed E-state index contributed by atoms with van der Waals surface area (Å²) in [5.41, 5.74) is 12.6. The van der Waals surface area contributed by atoms with E-state index in [4.69, 9.17) is 15.0 Å². The van der Waals surface area contributed by atoms with Crippen LogP contribution in [0.5, 0.6) is 0 Å². The molecule has 45 heavy (non-hydrogen) atoms. The van der Waals surface area contributed by atoms with E-state index in [0.29, 0.717) is 17.5 Å². The van der Waals surface area contributed by atoms with Crippen molar-refractivity contribution < 1.29 is 0 Å². The van der Waals surface area contributed by atoms with Crippen molar-refractivity contribution in [2.24, 2.45) is 0 Å². The summed E-state index contributed by atoms with van der Waals surface area (Å²) in [5.74, 6) is 1.97. The van der Waals surface area contributed by atoms with Crippen LogP contribution in [0.4, 0.5) is 0 Å². The molecule has 6 aromatic carbocycles. The van der Waals surface area contributed by atoms with Crippen LogP contribution in [0.2, 0.25) is 0 Å². The average molecular weight is 578 g/mol. The van der Waals surface area contributed by atoms with Gasteiger partial charge in [-0.25, -0.2) is 15.0 Å². The van der Waals surface area contributed by atoms with Gasteiger partial charge in [0.05, 0.1) is 0 Å². The number of aromatic nitrogens is 3. The first-order valence-electron chi connectivity index (χ1n) is 15.4. The smallest absolute Gasteiger partial charge is 0.164 e. The fourth-order valence-electron chi connectivity index (χ4n) is 6.54. The van der Waals surface area contributed by atoms with E-state index in [0.717, 1.165) is 38.9 Å². The second-order valence-electron chi connectivity index (χ2n) is 12.1. The number of nitrogens with zero attached hydrogens (tertiary/aromatic N) is 3. The van der Waals surface area contributed by atoms with E-state index in [2.05, 4.69) is 153 Å². The van der Waals surface area contributed by atoms with E-state index in [1.54, 1.807) is 0 Å². The number of rotatable bonds is 5. The Morgan fingerprint density at radius 2 is 0.756 bits per heavy atom. The molecule has 8 rings (SSSR count). The summed E-state index contributed by atoms with van der Waals surface area (Å²) in [4.78, 5) is 15.3. The monoisotopic (exact) mass is 577 g/mol. The van der Waals surface area contributed by atoms with Crippen LogP contribution in [-0.2, 0) is 5.41 Å². The van der Waals surface area contributed by atoms with Crippen LogP contribution in [0.25, 0.3) is 67.5 Å². The highest BCUT2D eigenvalue weighted by molar-refractivity contribution is 5.83. The molecule has 0 saturated carbocycles. The Labute approximate surface area is 264 Å². The summed E-state index contributed by atoms with van der Waals surface area (Å²) < 4.78 is 0. The lowest BCUT2D eigenvalue weighted by Gasteiger charge is -2.21. The average Bonchev–Trinajstić information content (AvgIpc) is 3.34. The molecule has 0 amide bonds. The molecule has 214 valence electrons. The molecule has 7 aromatic rings. The summed E-state index contributed by atoms with van der Waals surface area (Å²) in [5, 5.41) is 0. The molecular weight excluding hydrogens is 546 g/mol. The quantitative estimate of drug-likeness (QED) is 0.204. The van der Waals surface area contributed by atoms with Crippen LogP contribution in [-0.4, -0.2) is 15.0 Å². The molecule has 0 spiro atoms. The summed E-state index contributed by atoms with van der Waals surface area (Å²) in [6.07, 6.45) is 0. The fourth-order valence-corrected chi connectivity index (χ4v) is 6.54. The van der Waals surface area contributed by atoms with Crippen molar-refractivity contribution in [3.05, 3.63) is 163 Å². The summed E-state index contributed by atoms with van der Waals surface area (Å²) >= 11 is 0. The molecule has 0 N–H and O–H groups in total. The topological polar surface area (TPSA) is 38.7 Å². The molecule has 0 radical (unpaired) electrons. The highest BCUT2D eigenvalue weighted by atomic mass is 15.0. The maximum Gasteiger partial charge on any atom is 0.164 e. The van der Waals surface area contributed by atoms with E-state index in [9.17, 15) is 0 Å². The minimum atomic E-state index is -0.116. The number of fused-ring (bicyclic) bond motifs is 3. The predicted octanol–water partition coefficient (Wildman–Crippen LogP) is 10.5. The first-order chi connectivity index (χ1) is 22.0. The van der Waals surface area contributed by atoms with Gasteiger partial charge in [0.15, 0.2) is 17.5 Å². The second kappa shape index (κ2) is 10.8. The fraction of sp³-hybridized carbons (Fsp3) is 0.0714. The normalized spacial score (nSPS) is 12.8. The van der Waals surface area contributed by atoms with Gasteiger partial charge >= 0.3 is 0 Å². The van der Waals surface area contributed by atoms with E-state index < -0.39 is 0 Å². The lowest BCUT2D eigenvalue weighted by Crippen LogP contribution is -2.15. The molecule has 1 aliphatic carbocycles. The first kappa shape index (κ1) is 26.9. The Balaban J connectivity index is 1.29.